The Hall–Kier alpha value is -1.31. The van der Waals surface area contributed by atoms with Gasteiger partial charge in [0.1, 0.15) is 0 Å². The fraction of sp³-hybridized carbons (Fsp3) is 0.500. The van der Waals surface area contributed by atoms with Gasteiger partial charge in [-0.3, -0.25) is 0 Å². The molecule has 86 valence electrons. The summed E-state index contributed by atoms with van der Waals surface area (Å²) < 4.78 is 1.18. The number of fused-ring (bicyclic) bond motifs is 1. The fourth-order valence-corrected chi connectivity index (χ4v) is 2.76. The lowest BCUT2D eigenvalue weighted by molar-refractivity contribution is -0.541. The average molecular weight is 217 g/mol. The van der Waals surface area contributed by atoms with Gasteiger partial charge < -0.3 is 5.21 Å². The van der Waals surface area contributed by atoms with E-state index in [1.165, 1.54) is 10.3 Å². The molecular weight excluding hydrogens is 198 g/mol. The third-order valence-corrected chi connectivity index (χ3v) is 3.54. The van der Waals surface area contributed by atoms with Gasteiger partial charge in [-0.2, -0.15) is 0 Å². The molecule has 1 heterocycles. The third kappa shape index (κ3) is 1.62. The molecule has 0 aromatic heterocycles. The molecule has 2 rings (SSSR count). The van der Waals surface area contributed by atoms with Crippen molar-refractivity contribution in [2.45, 2.75) is 45.6 Å². The average Bonchev–Trinajstić information content (AvgIpc) is 2.31. The molecule has 0 fully saturated rings. The van der Waals surface area contributed by atoms with Crippen LogP contribution in [0.3, 0.4) is 0 Å². The molecule has 0 aliphatic carbocycles. The van der Waals surface area contributed by atoms with E-state index in [1.807, 2.05) is 32.9 Å². The number of rotatable bonds is 0. The predicted octanol–water partition coefficient (Wildman–Crippen LogP) is 3.29. The van der Waals surface area contributed by atoms with Gasteiger partial charge in [0.15, 0.2) is 11.3 Å². The fourth-order valence-electron chi connectivity index (χ4n) is 2.76. The first-order chi connectivity index (χ1) is 7.43. The highest BCUT2D eigenvalue weighted by Gasteiger charge is 2.35. The van der Waals surface area contributed by atoms with Crippen LogP contribution in [0.1, 0.15) is 51.2 Å². The molecule has 0 saturated carbocycles. The second kappa shape index (κ2) is 3.62. The van der Waals surface area contributed by atoms with Crippen molar-refractivity contribution in [2.75, 3.05) is 0 Å². The summed E-state index contributed by atoms with van der Waals surface area (Å²) >= 11 is 0. The largest absolute Gasteiger partial charge is 0.623 e. The molecule has 1 atom stereocenters. The molecule has 16 heavy (non-hydrogen) atoms. The van der Waals surface area contributed by atoms with Gasteiger partial charge in [-0.1, -0.05) is 25.1 Å². The van der Waals surface area contributed by atoms with Gasteiger partial charge in [0.2, 0.25) is 0 Å². The Morgan fingerprint density at radius 1 is 1.31 bits per heavy atom. The smallest absolute Gasteiger partial charge is 0.191 e. The quantitative estimate of drug-likeness (QED) is 0.483. The highest BCUT2D eigenvalue weighted by atomic mass is 16.5. The SMILES string of the molecule is CC1=[N+]([O-])C(C)(C)C[C@H](C)c2ccccc21. The van der Waals surface area contributed by atoms with E-state index in [0.717, 1.165) is 17.7 Å². The molecule has 1 aromatic rings. The predicted molar refractivity (Wildman–Crippen MR) is 67.0 cm³/mol. The summed E-state index contributed by atoms with van der Waals surface area (Å²) in [5.74, 6) is 0.431. The van der Waals surface area contributed by atoms with Gasteiger partial charge in [0.25, 0.3) is 0 Å². The van der Waals surface area contributed by atoms with Crippen molar-refractivity contribution in [3.05, 3.63) is 40.6 Å². The van der Waals surface area contributed by atoms with E-state index in [1.54, 1.807) is 0 Å². The Morgan fingerprint density at radius 2 is 1.94 bits per heavy atom. The number of hydrogen-bond acceptors (Lipinski definition) is 1. The molecule has 0 radical (unpaired) electrons. The second-order valence-corrected chi connectivity index (χ2v) is 5.38. The van der Waals surface area contributed by atoms with Gasteiger partial charge in [-0.25, -0.2) is 4.74 Å². The normalized spacial score (nSPS) is 23.9. The van der Waals surface area contributed by atoms with E-state index in [-0.39, 0.29) is 5.54 Å². The maximum absolute atomic E-state index is 12.3. The van der Waals surface area contributed by atoms with Gasteiger partial charge in [0, 0.05) is 32.8 Å². The Labute approximate surface area is 97.2 Å². The molecule has 1 aliphatic heterocycles. The standard InChI is InChI=1S/C14H19NO/c1-10-9-14(3,4)15(16)11(2)13-8-6-5-7-12(10)13/h5-8,10H,9H2,1-4H3/t10-/m0/s1. The Bertz CT molecular complexity index is 446. The summed E-state index contributed by atoms with van der Waals surface area (Å²) in [6, 6.07) is 8.24. The molecule has 0 amide bonds. The van der Waals surface area contributed by atoms with Gasteiger partial charge >= 0.3 is 0 Å². The van der Waals surface area contributed by atoms with Crippen LogP contribution in [0, 0.1) is 5.21 Å². The van der Waals surface area contributed by atoms with Crippen molar-refractivity contribution in [2.24, 2.45) is 0 Å². The molecule has 0 unspecified atom stereocenters. The highest BCUT2D eigenvalue weighted by Crippen LogP contribution is 2.33. The minimum atomic E-state index is -0.317. The van der Waals surface area contributed by atoms with Crippen LogP contribution in [-0.4, -0.2) is 16.0 Å². The van der Waals surface area contributed by atoms with Crippen molar-refractivity contribution in [1.29, 1.82) is 0 Å². The zero-order valence-electron chi connectivity index (χ0n) is 10.4. The van der Waals surface area contributed by atoms with Crippen LogP contribution in [-0.2, 0) is 0 Å². The van der Waals surface area contributed by atoms with Crippen LogP contribution >= 0.6 is 0 Å². The van der Waals surface area contributed by atoms with Crippen LogP contribution < -0.4 is 0 Å². The monoisotopic (exact) mass is 217 g/mol. The summed E-state index contributed by atoms with van der Waals surface area (Å²) in [7, 11) is 0. The lowest BCUT2D eigenvalue weighted by Gasteiger charge is -2.25. The summed E-state index contributed by atoms with van der Waals surface area (Å²) in [4.78, 5) is 0. The molecular formula is C14H19NO. The van der Waals surface area contributed by atoms with Gasteiger partial charge in [-0.15, -0.1) is 0 Å². The van der Waals surface area contributed by atoms with E-state index < -0.39 is 0 Å². The molecule has 1 aliphatic rings. The van der Waals surface area contributed by atoms with Crippen molar-refractivity contribution in [3.63, 3.8) is 0 Å². The van der Waals surface area contributed by atoms with Crippen molar-refractivity contribution in [1.82, 2.24) is 0 Å². The second-order valence-electron chi connectivity index (χ2n) is 5.38. The lowest BCUT2D eigenvalue weighted by Crippen LogP contribution is -2.35. The molecule has 2 nitrogen and oxygen atoms in total. The maximum atomic E-state index is 12.3. The summed E-state index contributed by atoms with van der Waals surface area (Å²) in [6.45, 7) is 8.16. The van der Waals surface area contributed by atoms with Crippen molar-refractivity contribution >= 4 is 5.71 Å². The van der Waals surface area contributed by atoms with Gasteiger partial charge in [-0.05, 0) is 17.5 Å². The zero-order chi connectivity index (χ0) is 11.9. The molecule has 0 N–H and O–H groups in total. The zero-order valence-corrected chi connectivity index (χ0v) is 10.4. The number of hydroxylamine groups is 1. The summed E-state index contributed by atoms with van der Waals surface area (Å²) in [5, 5.41) is 12.3. The molecule has 0 spiro atoms. The third-order valence-electron chi connectivity index (χ3n) is 3.54. The Kier molecular flexibility index (Phi) is 2.53. The van der Waals surface area contributed by atoms with E-state index in [2.05, 4.69) is 19.1 Å². The first-order valence-corrected chi connectivity index (χ1v) is 5.83. The van der Waals surface area contributed by atoms with Crippen LogP contribution in [0.25, 0.3) is 0 Å². The van der Waals surface area contributed by atoms with E-state index in [9.17, 15) is 5.21 Å². The van der Waals surface area contributed by atoms with Crippen LogP contribution in [0.2, 0.25) is 0 Å². The Morgan fingerprint density at radius 3 is 2.62 bits per heavy atom. The van der Waals surface area contributed by atoms with Crippen molar-refractivity contribution < 1.29 is 4.74 Å². The summed E-state index contributed by atoms with van der Waals surface area (Å²) in [5.41, 5.74) is 2.93. The van der Waals surface area contributed by atoms with Crippen LogP contribution in [0.5, 0.6) is 0 Å². The first kappa shape index (κ1) is 11.2. The van der Waals surface area contributed by atoms with Crippen molar-refractivity contribution in [3.8, 4) is 0 Å². The topological polar surface area (TPSA) is 26.1 Å². The summed E-state index contributed by atoms with van der Waals surface area (Å²) in [6.07, 6.45) is 0.894. The molecule has 0 saturated heterocycles. The van der Waals surface area contributed by atoms with E-state index in [4.69, 9.17) is 0 Å². The number of benzene rings is 1. The number of nitrogens with zero attached hydrogens (tertiary/aromatic N) is 1. The maximum Gasteiger partial charge on any atom is 0.191 e. The minimum absolute atomic E-state index is 0.317. The van der Waals surface area contributed by atoms with Crippen LogP contribution in [0.4, 0.5) is 0 Å². The first-order valence-electron chi connectivity index (χ1n) is 5.83. The highest BCUT2D eigenvalue weighted by molar-refractivity contribution is 5.96. The van der Waals surface area contributed by atoms with Gasteiger partial charge in [0.05, 0.1) is 0 Å². The minimum Gasteiger partial charge on any atom is -0.623 e. The van der Waals surface area contributed by atoms with E-state index in [0.29, 0.717) is 5.92 Å². The molecule has 1 aromatic carbocycles. The Balaban J connectivity index is 2.66. The lowest BCUT2D eigenvalue weighted by atomic mass is 9.87. The number of hydrogen-bond donors (Lipinski definition) is 0. The van der Waals surface area contributed by atoms with E-state index >= 15 is 0 Å². The van der Waals surface area contributed by atoms with Crippen LogP contribution in [0.15, 0.2) is 24.3 Å². The molecule has 2 heteroatoms. The molecule has 0 bridgehead atoms.